The van der Waals surface area contributed by atoms with Crippen molar-refractivity contribution >= 4 is 28.9 Å². The molecular weight excluding hydrogens is 328 g/mol. The van der Waals surface area contributed by atoms with E-state index in [1.54, 1.807) is 0 Å². The minimum Gasteiger partial charge on any atom is -0.363 e. The summed E-state index contributed by atoms with van der Waals surface area (Å²) in [5.41, 5.74) is 2.59. The van der Waals surface area contributed by atoms with Crippen LogP contribution in [-0.4, -0.2) is 55.5 Å². The van der Waals surface area contributed by atoms with E-state index in [1.165, 1.54) is 12.4 Å². The maximum Gasteiger partial charge on any atom is 0.247 e. The van der Waals surface area contributed by atoms with Gasteiger partial charge < -0.3 is 20.4 Å². The average molecular weight is 354 g/mol. The fraction of sp³-hybridized carbons (Fsp3) is 0.316. The Labute approximate surface area is 154 Å². The molecule has 0 unspecified atom stereocenters. The van der Waals surface area contributed by atoms with Gasteiger partial charge in [0.2, 0.25) is 5.91 Å². The Hall–Kier alpha value is -2.93. The summed E-state index contributed by atoms with van der Waals surface area (Å²) in [6.07, 6.45) is 3.65. The van der Waals surface area contributed by atoms with Gasteiger partial charge in [0.1, 0.15) is 18.0 Å². The third kappa shape index (κ3) is 5.56. The molecule has 2 rings (SSSR count). The summed E-state index contributed by atoms with van der Waals surface area (Å²) in [4.78, 5) is 24.3. The summed E-state index contributed by atoms with van der Waals surface area (Å²) in [5.74, 6) is 1.19. The number of hydrogen-bond donors (Lipinski definition) is 2. The molecule has 1 aromatic carbocycles. The smallest absolute Gasteiger partial charge is 0.247 e. The van der Waals surface area contributed by atoms with Crippen LogP contribution in [-0.2, 0) is 11.2 Å². The van der Waals surface area contributed by atoms with Crippen LogP contribution in [0.2, 0.25) is 0 Å². The van der Waals surface area contributed by atoms with Crippen LogP contribution < -0.4 is 15.5 Å². The molecule has 2 N–H and O–H groups in total. The van der Waals surface area contributed by atoms with Gasteiger partial charge in [-0.05, 0) is 44.3 Å². The SMILES string of the molecule is C=CC(=O)Nc1cc(CCN(C)C)ccc1Nc1cc(N(C)C)ncn1. The van der Waals surface area contributed by atoms with E-state index in [1.807, 2.05) is 57.4 Å². The normalized spacial score (nSPS) is 10.5. The second-order valence-corrected chi connectivity index (χ2v) is 6.41. The van der Waals surface area contributed by atoms with Crippen LogP contribution in [0.4, 0.5) is 23.0 Å². The molecule has 0 saturated heterocycles. The molecule has 7 heteroatoms. The van der Waals surface area contributed by atoms with Gasteiger partial charge in [0.15, 0.2) is 0 Å². The zero-order chi connectivity index (χ0) is 19.1. The third-order valence-electron chi connectivity index (χ3n) is 3.75. The zero-order valence-electron chi connectivity index (χ0n) is 15.8. The number of nitrogens with zero attached hydrogens (tertiary/aromatic N) is 4. The number of carbonyl (C=O) groups excluding carboxylic acids is 1. The monoisotopic (exact) mass is 354 g/mol. The molecule has 0 radical (unpaired) electrons. The van der Waals surface area contributed by atoms with Crippen molar-refractivity contribution in [2.24, 2.45) is 0 Å². The Kier molecular flexibility index (Phi) is 6.68. The van der Waals surface area contributed by atoms with Crippen molar-refractivity contribution in [2.45, 2.75) is 6.42 Å². The first kappa shape index (κ1) is 19.4. The molecule has 0 saturated carbocycles. The van der Waals surface area contributed by atoms with Gasteiger partial charge in [-0.2, -0.15) is 0 Å². The lowest BCUT2D eigenvalue weighted by Gasteiger charge is -2.16. The molecule has 1 aromatic heterocycles. The van der Waals surface area contributed by atoms with Gasteiger partial charge in [0, 0.05) is 26.7 Å². The van der Waals surface area contributed by atoms with Gasteiger partial charge >= 0.3 is 0 Å². The standard InChI is InChI=1S/C19H26N6O/c1-6-19(26)23-16-11-14(9-10-24(2)3)7-8-15(16)22-17-12-18(25(4)5)21-13-20-17/h6-8,11-13H,1,9-10H2,2-5H3,(H,23,26)(H,20,21,22). The van der Waals surface area contributed by atoms with Gasteiger partial charge in [-0.25, -0.2) is 9.97 Å². The lowest BCUT2D eigenvalue weighted by atomic mass is 10.1. The van der Waals surface area contributed by atoms with E-state index in [0.29, 0.717) is 11.5 Å². The van der Waals surface area contributed by atoms with Crippen molar-refractivity contribution in [3.8, 4) is 0 Å². The highest BCUT2D eigenvalue weighted by Gasteiger charge is 2.09. The summed E-state index contributed by atoms with van der Waals surface area (Å²) in [6.45, 7) is 4.45. The van der Waals surface area contributed by atoms with Crippen LogP contribution in [0.1, 0.15) is 5.56 Å². The molecule has 0 aliphatic carbocycles. The Morgan fingerprint density at radius 1 is 1.15 bits per heavy atom. The Bertz CT molecular complexity index is 772. The van der Waals surface area contributed by atoms with Crippen molar-refractivity contribution in [2.75, 3.05) is 50.3 Å². The summed E-state index contributed by atoms with van der Waals surface area (Å²) < 4.78 is 0. The topological polar surface area (TPSA) is 73.4 Å². The number of benzene rings is 1. The predicted octanol–water partition coefficient (Wildman–Crippen LogP) is 2.51. The Morgan fingerprint density at radius 3 is 2.58 bits per heavy atom. The van der Waals surface area contributed by atoms with E-state index in [0.717, 1.165) is 30.0 Å². The van der Waals surface area contributed by atoms with Crippen LogP contribution in [0.3, 0.4) is 0 Å². The maximum absolute atomic E-state index is 11.8. The number of aromatic nitrogens is 2. The van der Waals surface area contributed by atoms with Crippen molar-refractivity contribution in [1.29, 1.82) is 0 Å². The molecule has 0 atom stereocenters. The lowest BCUT2D eigenvalue weighted by molar-refractivity contribution is -0.111. The van der Waals surface area contributed by atoms with E-state index < -0.39 is 0 Å². The van der Waals surface area contributed by atoms with Gasteiger partial charge in [-0.3, -0.25) is 4.79 Å². The molecule has 1 amide bonds. The number of rotatable bonds is 8. The summed E-state index contributed by atoms with van der Waals surface area (Å²) in [7, 11) is 7.91. The van der Waals surface area contributed by atoms with E-state index in [-0.39, 0.29) is 5.91 Å². The van der Waals surface area contributed by atoms with Crippen molar-refractivity contribution in [3.05, 3.63) is 48.8 Å². The van der Waals surface area contributed by atoms with Crippen LogP contribution in [0, 0.1) is 0 Å². The molecule has 26 heavy (non-hydrogen) atoms. The number of hydrogen-bond acceptors (Lipinski definition) is 6. The molecule has 0 aliphatic rings. The Morgan fingerprint density at radius 2 is 1.92 bits per heavy atom. The minimum absolute atomic E-state index is 0.255. The second kappa shape index (κ2) is 8.96. The lowest BCUT2D eigenvalue weighted by Crippen LogP contribution is -2.15. The molecule has 0 fully saturated rings. The maximum atomic E-state index is 11.8. The molecule has 0 bridgehead atoms. The van der Waals surface area contributed by atoms with Crippen LogP contribution in [0.15, 0.2) is 43.2 Å². The van der Waals surface area contributed by atoms with Crippen LogP contribution in [0.5, 0.6) is 0 Å². The fourth-order valence-corrected chi connectivity index (χ4v) is 2.29. The van der Waals surface area contributed by atoms with Crippen molar-refractivity contribution < 1.29 is 4.79 Å². The van der Waals surface area contributed by atoms with Gasteiger partial charge in [-0.1, -0.05) is 12.6 Å². The highest BCUT2D eigenvalue weighted by atomic mass is 16.1. The number of anilines is 4. The minimum atomic E-state index is -0.255. The number of carbonyl (C=O) groups is 1. The molecule has 0 aliphatic heterocycles. The van der Waals surface area contributed by atoms with E-state index >= 15 is 0 Å². The summed E-state index contributed by atoms with van der Waals surface area (Å²) in [5, 5.41) is 6.11. The third-order valence-corrected chi connectivity index (χ3v) is 3.75. The molecule has 1 heterocycles. The van der Waals surface area contributed by atoms with Crippen LogP contribution >= 0.6 is 0 Å². The first-order valence-corrected chi connectivity index (χ1v) is 8.36. The van der Waals surface area contributed by atoms with E-state index in [9.17, 15) is 4.79 Å². The molecule has 138 valence electrons. The first-order chi connectivity index (χ1) is 12.4. The largest absolute Gasteiger partial charge is 0.363 e. The molecule has 0 spiro atoms. The Balaban J connectivity index is 2.29. The highest BCUT2D eigenvalue weighted by Crippen LogP contribution is 2.27. The number of nitrogens with one attached hydrogen (secondary N) is 2. The molecule has 2 aromatic rings. The quantitative estimate of drug-likeness (QED) is 0.710. The van der Waals surface area contributed by atoms with Crippen molar-refractivity contribution in [3.63, 3.8) is 0 Å². The average Bonchev–Trinajstić information content (AvgIpc) is 2.61. The molecular formula is C19H26N6O. The van der Waals surface area contributed by atoms with Crippen LogP contribution in [0.25, 0.3) is 0 Å². The number of likely N-dealkylation sites (N-methyl/N-ethyl adjacent to an activating group) is 1. The molecule has 7 nitrogen and oxygen atoms in total. The summed E-state index contributed by atoms with van der Waals surface area (Å²) in [6, 6.07) is 7.81. The van der Waals surface area contributed by atoms with Gasteiger partial charge in [0.05, 0.1) is 11.4 Å². The van der Waals surface area contributed by atoms with Gasteiger partial charge in [-0.15, -0.1) is 0 Å². The first-order valence-electron chi connectivity index (χ1n) is 8.36. The van der Waals surface area contributed by atoms with E-state index in [2.05, 4.69) is 32.1 Å². The van der Waals surface area contributed by atoms with Crippen molar-refractivity contribution in [1.82, 2.24) is 14.9 Å². The second-order valence-electron chi connectivity index (χ2n) is 6.41. The van der Waals surface area contributed by atoms with E-state index in [4.69, 9.17) is 0 Å². The number of amides is 1. The predicted molar refractivity (Wildman–Crippen MR) is 107 cm³/mol. The highest BCUT2D eigenvalue weighted by molar-refractivity contribution is 6.01. The fourth-order valence-electron chi connectivity index (χ4n) is 2.29. The zero-order valence-corrected chi connectivity index (χ0v) is 15.8. The summed E-state index contributed by atoms with van der Waals surface area (Å²) >= 11 is 0. The van der Waals surface area contributed by atoms with Gasteiger partial charge in [0.25, 0.3) is 0 Å².